The number of β-amino-alcohol motifs (C(OH)–C–C–N with tert-alkyl or cyclic N) is 1. The van der Waals surface area contributed by atoms with E-state index in [9.17, 15) is 19.5 Å². The van der Waals surface area contributed by atoms with Gasteiger partial charge in [0.15, 0.2) is 0 Å². The second-order valence-electron chi connectivity index (χ2n) is 7.62. The molecule has 1 spiro atoms. The van der Waals surface area contributed by atoms with Crippen LogP contribution < -0.4 is 5.56 Å². The SMILES string of the molecule is Cc1ccc(C(=O)N2CCCC3(CCC(=O)N(CCO)C3)C2)c(=O)n1C. The molecule has 1 aromatic rings. The maximum atomic E-state index is 13.0. The van der Waals surface area contributed by atoms with E-state index in [0.717, 1.165) is 25.0 Å². The Morgan fingerprint density at radius 3 is 2.73 bits per heavy atom. The Morgan fingerprint density at radius 1 is 1.23 bits per heavy atom. The number of rotatable bonds is 3. The molecule has 26 heavy (non-hydrogen) atoms. The van der Waals surface area contributed by atoms with Crippen molar-refractivity contribution in [3.63, 3.8) is 0 Å². The summed E-state index contributed by atoms with van der Waals surface area (Å²) in [7, 11) is 1.67. The van der Waals surface area contributed by atoms with Gasteiger partial charge in [-0.1, -0.05) is 0 Å². The van der Waals surface area contributed by atoms with Gasteiger partial charge in [-0.15, -0.1) is 0 Å². The molecule has 2 saturated heterocycles. The summed E-state index contributed by atoms with van der Waals surface area (Å²) < 4.78 is 1.50. The number of aliphatic hydroxyl groups is 1. The summed E-state index contributed by atoms with van der Waals surface area (Å²) in [6.45, 7) is 3.88. The standard InChI is InChI=1S/C19H27N3O4/c1-14-4-5-15(17(25)20(14)2)18(26)22-9-3-7-19(13-22)8-6-16(24)21(12-19)10-11-23/h4-5,23H,3,6-13H2,1-2H3. The fourth-order valence-corrected chi connectivity index (χ4v) is 4.20. The molecule has 0 bridgehead atoms. The number of pyridine rings is 1. The lowest BCUT2D eigenvalue weighted by Gasteiger charge is -2.48. The number of piperidine rings is 2. The van der Waals surface area contributed by atoms with E-state index >= 15 is 0 Å². The zero-order valence-electron chi connectivity index (χ0n) is 15.5. The zero-order chi connectivity index (χ0) is 18.9. The van der Waals surface area contributed by atoms with Gasteiger partial charge >= 0.3 is 0 Å². The Bertz CT molecular complexity index is 773. The second-order valence-corrected chi connectivity index (χ2v) is 7.62. The van der Waals surface area contributed by atoms with Crippen molar-refractivity contribution >= 4 is 11.8 Å². The smallest absolute Gasteiger partial charge is 0.263 e. The summed E-state index contributed by atoms with van der Waals surface area (Å²) >= 11 is 0. The number of aliphatic hydroxyl groups excluding tert-OH is 1. The van der Waals surface area contributed by atoms with Crippen LogP contribution in [0.1, 0.15) is 41.7 Å². The minimum Gasteiger partial charge on any atom is -0.395 e. The molecule has 1 N–H and O–H groups in total. The van der Waals surface area contributed by atoms with E-state index in [1.54, 1.807) is 29.0 Å². The second kappa shape index (κ2) is 7.23. The molecule has 0 aromatic carbocycles. The number of nitrogens with zero attached hydrogens (tertiary/aromatic N) is 3. The molecule has 7 heteroatoms. The fourth-order valence-electron chi connectivity index (χ4n) is 4.20. The number of likely N-dealkylation sites (tertiary alicyclic amines) is 2. The molecular formula is C19H27N3O4. The highest BCUT2D eigenvalue weighted by molar-refractivity contribution is 5.94. The quantitative estimate of drug-likeness (QED) is 0.851. The van der Waals surface area contributed by atoms with Gasteiger partial charge in [0, 0.05) is 50.8 Å². The largest absolute Gasteiger partial charge is 0.395 e. The Labute approximate surface area is 153 Å². The number of hydrogen-bond acceptors (Lipinski definition) is 4. The number of aryl methyl sites for hydroxylation is 1. The molecule has 0 aliphatic carbocycles. The normalized spacial score (nSPS) is 23.6. The van der Waals surface area contributed by atoms with E-state index in [4.69, 9.17) is 0 Å². The minimum atomic E-state index is -0.268. The van der Waals surface area contributed by atoms with Crippen molar-refractivity contribution in [3.8, 4) is 0 Å². The average molecular weight is 361 g/mol. The lowest BCUT2D eigenvalue weighted by molar-refractivity contribution is -0.139. The molecule has 2 fully saturated rings. The molecule has 7 nitrogen and oxygen atoms in total. The maximum absolute atomic E-state index is 13.0. The first-order valence-corrected chi connectivity index (χ1v) is 9.21. The van der Waals surface area contributed by atoms with Gasteiger partial charge in [-0.3, -0.25) is 14.4 Å². The van der Waals surface area contributed by atoms with Gasteiger partial charge < -0.3 is 19.5 Å². The predicted molar refractivity (Wildman–Crippen MR) is 96.9 cm³/mol. The van der Waals surface area contributed by atoms with Gasteiger partial charge in [0.25, 0.3) is 11.5 Å². The lowest BCUT2D eigenvalue weighted by atomic mass is 9.73. The van der Waals surface area contributed by atoms with Crippen LogP contribution in [0, 0.1) is 12.3 Å². The number of amides is 2. The summed E-state index contributed by atoms with van der Waals surface area (Å²) in [4.78, 5) is 41.0. The molecule has 3 rings (SSSR count). The fraction of sp³-hybridized carbons (Fsp3) is 0.632. The summed E-state index contributed by atoms with van der Waals surface area (Å²) in [6, 6.07) is 3.40. The van der Waals surface area contributed by atoms with Crippen molar-refractivity contribution in [2.24, 2.45) is 12.5 Å². The van der Waals surface area contributed by atoms with E-state index < -0.39 is 0 Å². The summed E-state index contributed by atoms with van der Waals surface area (Å²) in [6.07, 6.45) is 3.02. The first kappa shape index (κ1) is 18.6. The molecule has 0 saturated carbocycles. The first-order chi connectivity index (χ1) is 12.4. The number of carbonyl (C=O) groups is 2. The van der Waals surface area contributed by atoms with Crippen molar-refractivity contribution in [3.05, 3.63) is 33.7 Å². The predicted octanol–water partition coefficient (Wildman–Crippen LogP) is 0.531. The van der Waals surface area contributed by atoms with Gasteiger partial charge in [0.05, 0.1) is 6.61 Å². The van der Waals surface area contributed by atoms with Gasteiger partial charge in [0.1, 0.15) is 5.56 Å². The molecule has 1 unspecified atom stereocenters. The van der Waals surface area contributed by atoms with Crippen molar-refractivity contribution in [2.75, 3.05) is 32.8 Å². The van der Waals surface area contributed by atoms with Crippen LogP contribution in [0.2, 0.25) is 0 Å². The Balaban J connectivity index is 1.80. The summed E-state index contributed by atoms with van der Waals surface area (Å²) in [5.41, 5.74) is 0.615. The third-order valence-corrected chi connectivity index (χ3v) is 5.85. The Kier molecular flexibility index (Phi) is 5.18. The number of carbonyl (C=O) groups excluding carboxylic acids is 2. The molecule has 3 heterocycles. The molecule has 2 amide bonds. The highest BCUT2D eigenvalue weighted by Crippen LogP contribution is 2.39. The van der Waals surface area contributed by atoms with Crippen molar-refractivity contribution in [1.82, 2.24) is 14.4 Å². The zero-order valence-corrected chi connectivity index (χ0v) is 15.5. The van der Waals surface area contributed by atoms with E-state index in [2.05, 4.69) is 0 Å². The monoisotopic (exact) mass is 361 g/mol. The van der Waals surface area contributed by atoms with Crippen molar-refractivity contribution in [2.45, 2.75) is 32.6 Å². The van der Waals surface area contributed by atoms with Gasteiger partial charge in [-0.05, 0) is 38.3 Å². The van der Waals surface area contributed by atoms with Gasteiger partial charge in [-0.2, -0.15) is 0 Å². The highest BCUT2D eigenvalue weighted by Gasteiger charge is 2.42. The Morgan fingerprint density at radius 2 is 2.00 bits per heavy atom. The average Bonchev–Trinajstić information content (AvgIpc) is 2.63. The van der Waals surface area contributed by atoms with E-state index in [0.29, 0.717) is 32.6 Å². The number of hydrogen-bond donors (Lipinski definition) is 1. The first-order valence-electron chi connectivity index (χ1n) is 9.21. The minimum absolute atomic E-state index is 0.0517. The topological polar surface area (TPSA) is 82.9 Å². The van der Waals surface area contributed by atoms with Gasteiger partial charge in [0.2, 0.25) is 5.91 Å². The summed E-state index contributed by atoms with van der Waals surface area (Å²) in [5.74, 6) is -0.157. The molecule has 2 aliphatic rings. The van der Waals surface area contributed by atoms with Crippen LogP contribution >= 0.6 is 0 Å². The van der Waals surface area contributed by atoms with Crippen LogP contribution in [0.15, 0.2) is 16.9 Å². The molecule has 2 aliphatic heterocycles. The molecule has 142 valence electrons. The maximum Gasteiger partial charge on any atom is 0.263 e. The van der Waals surface area contributed by atoms with E-state index in [1.165, 1.54) is 4.57 Å². The number of aromatic nitrogens is 1. The van der Waals surface area contributed by atoms with Crippen LogP contribution in [-0.4, -0.2) is 64.1 Å². The van der Waals surface area contributed by atoms with Crippen LogP contribution in [0.4, 0.5) is 0 Å². The summed E-state index contributed by atoms with van der Waals surface area (Å²) in [5, 5.41) is 9.20. The molecular weight excluding hydrogens is 334 g/mol. The van der Waals surface area contributed by atoms with Crippen molar-refractivity contribution in [1.29, 1.82) is 0 Å². The van der Waals surface area contributed by atoms with Crippen LogP contribution in [-0.2, 0) is 11.8 Å². The van der Waals surface area contributed by atoms with Crippen LogP contribution in [0.3, 0.4) is 0 Å². The third kappa shape index (κ3) is 3.40. The van der Waals surface area contributed by atoms with E-state index in [1.807, 2.05) is 6.92 Å². The van der Waals surface area contributed by atoms with E-state index in [-0.39, 0.29) is 35.0 Å². The van der Waals surface area contributed by atoms with Crippen molar-refractivity contribution < 1.29 is 14.7 Å². The third-order valence-electron chi connectivity index (χ3n) is 5.85. The van der Waals surface area contributed by atoms with Crippen LogP contribution in [0.5, 0.6) is 0 Å². The Hall–Kier alpha value is -2.15. The highest BCUT2D eigenvalue weighted by atomic mass is 16.3. The molecule has 0 radical (unpaired) electrons. The lowest BCUT2D eigenvalue weighted by Crippen LogP contribution is -2.55. The molecule has 1 aromatic heterocycles. The molecule has 1 atom stereocenters. The van der Waals surface area contributed by atoms with Gasteiger partial charge in [-0.25, -0.2) is 0 Å². The van der Waals surface area contributed by atoms with Crippen LogP contribution in [0.25, 0.3) is 0 Å².